The van der Waals surface area contributed by atoms with Gasteiger partial charge in [-0.3, -0.25) is 0 Å². The Morgan fingerprint density at radius 1 is 1.21 bits per heavy atom. The highest BCUT2D eigenvalue weighted by Gasteiger charge is 2.12. The van der Waals surface area contributed by atoms with Gasteiger partial charge < -0.3 is 5.73 Å². The molecular weight excluding hydrogens is 194 g/mol. The number of rotatable bonds is 2. The lowest BCUT2D eigenvalue weighted by molar-refractivity contribution is 0.589. The zero-order chi connectivity index (χ0) is 9.90. The lowest BCUT2D eigenvalue weighted by Gasteiger charge is -2.19. The van der Waals surface area contributed by atoms with E-state index in [9.17, 15) is 0 Å². The van der Waals surface area contributed by atoms with E-state index in [2.05, 4.69) is 45.0 Å². The molecule has 2 heteroatoms. The molecule has 1 nitrogen and oxygen atoms in total. The number of halogens is 1. The van der Waals surface area contributed by atoms with Crippen molar-refractivity contribution in [3.05, 3.63) is 35.4 Å². The summed E-state index contributed by atoms with van der Waals surface area (Å²) in [6.45, 7) is 7.42. The maximum absolute atomic E-state index is 5.52. The number of nitrogens with two attached hydrogens (primary N) is 1. The molecule has 0 saturated heterocycles. The van der Waals surface area contributed by atoms with Crippen molar-refractivity contribution < 1.29 is 0 Å². The van der Waals surface area contributed by atoms with E-state index < -0.39 is 0 Å². The molecule has 0 aliphatic rings. The van der Waals surface area contributed by atoms with E-state index in [1.807, 2.05) is 0 Å². The molecule has 0 radical (unpaired) electrons. The van der Waals surface area contributed by atoms with Crippen LogP contribution in [0.1, 0.15) is 31.9 Å². The Balaban J connectivity index is 0.00000169. The minimum atomic E-state index is 0. The van der Waals surface area contributed by atoms with Crippen LogP contribution in [0.25, 0.3) is 0 Å². The molecule has 0 heterocycles. The first-order chi connectivity index (χ1) is 6.04. The molecule has 1 rings (SSSR count). The average molecular weight is 214 g/mol. The van der Waals surface area contributed by atoms with Crippen molar-refractivity contribution in [3.63, 3.8) is 0 Å². The minimum absolute atomic E-state index is 0. The van der Waals surface area contributed by atoms with E-state index >= 15 is 0 Å². The molecule has 0 amide bonds. The van der Waals surface area contributed by atoms with Gasteiger partial charge in [-0.25, -0.2) is 0 Å². The molecule has 2 N–H and O–H groups in total. The van der Waals surface area contributed by atoms with E-state index in [1.165, 1.54) is 11.1 Å². The molecule has 0 unspecified atom stereocenters. The lowest BCUT2D eigenvalue weighted by atomic mass is 9.86. The average Bonchev–Trinajstić information content (AvgIpc) is 2.04. The third-order valence-corrected chi connectivity index (χ3v) is 2.23. The van der Waals surface area contributed by atoms with Crippen LogP contribution >= 0.6 is 12.4 Å². The van der Waals surface area contributed by atoms with Gasteiger partial charge in [0.15, 0.2) is 0 Å². The molecule has 14 heavy (non-hydrogen) atoms. The van der Waals surface area contributed by atoms with Crippen LogP contribution in [0.15, 0.2) is 24.3 Å². The zero-order valence-corrected chi connectivity index (χ0v) is 10.0. The second-order valence-corrected chi connectivity index (χ2v) is 4.49. The molecule has 1 aromatic carbocycles. The Hall–Kier alpha value is -0.530. The van der Waals surface area contributed by atoms with Gasteiger partial charge in [0.2, 0.25) is 0 Å². The molecular formula is C12H20ClN. The summed E-state index contributed by atoms with van der Waals surface area (Å²) in [7, 11) is 0. The molecule has 0 aromatic heterocycles. The van der Waals surface area contributed by atoms with Crippen molar-refractivity contribution in [1.29, 1.82) is 0 Å². The highest BCUT2D eigenvalue weighted by molar-refractivity contribution is 5.85. The molecule has 0 aliphatic heterocycles. The molecule has 0 fully saturated rings. The lowest BCUT2D eigenvalue weighted by Crippen LogP contribution is -2.12. The SMILES string of the molecule is CC(C)(C)c1cccc(CCN)c1.Cl. The first-order valence-electron chi connectivity index (χ1n) is 4.83. The molecule has 0 spiro atoms. The van der Waals surface area contributed by atoms with Crippen LogP contribution in [0.3, 0.4) is 0 Å². The highest BCUT2D eigenvalue weighted by atomic mass is 35.5. The second kappa shape index (κ2) is 5.38. The highest BCUT2D eigenvalue weighted by Crippen LogP contribution is 2.22. The maximum Gasteiger partial charge on any atom is -0.00367 e. The first-order valence-corrected chi connectivity index (χ1v) is 4.83. The predicted molar refractivity (Wildman–Crippen MR) is 65.1 cm³/mol. The molecule has 80 valence electrons. The Bertz CT molecular complexity index is 276. The Labute approximate surface area is 93.1 Å². The Morgan fingerprint density at radius 2 is 1.86 bits per heavy atom. The summed E-state index contributed by atoms with van der Waals surface area (Å²) in [5.74, 6) is 0. The van der Waals surface area contributed by atoms with E-state index in [0.717, 1.165) is 13.0 Å². The van der Waals surface area contributed by atoms with Crippen LogP contribution in [0.2, 0.25) is 0 Å². The van der Waals surface area contributed by atoms with Crippen molar-refractivity contribution in [1.82, 2.24) is 0 Å². The van der Waals surface area contributed by atoms with Crippen molar-refractivity contribution in [2.75, 3.05) is 6.54 Å². The van der Waals surface area contributed by atoms with E-state index in [-0.39, 0.29) is 17.8 Å². The smallest absolute Gasteiger partial charge is 0.00367 e. The summed E-state index contributed by atoms with van der Waals surface area (Å²) in [5, 5.41) is 0. The topological polar surface area (TPSA) is 26.0 Å². The largest absolute Gasteiger partial charge is 0.330 e. The molecule has 0 saturated carbocycles. The van der Waals surface area contributed by atoms with Crippen molar-refractivity contribution in [2.24, 2.45) is 5.73 Å². The molecule has 0 aliphatic carbocycles. The monoisotopic (exact) mass is 213 g/mol. The van der Waals surface area contributed by atoms with Gasteiger partial charge in [-0.15, -0.1) is 12.4 Å². The van der Waals surface area contributed by atoms with Crippen LogP contribution < -0.4 is 5.73 Å². The van der Waals surface area contributed by atoms with Gasteiger partial charge in [0.25, 0.3) is 0 Å². The number of hydrogen-bond donors (Lipinski definition) is 1. The Morgan fingerprint density at radius 3 is 2.36 bits per heavy atom. The maximum atomic E-state index is 5.52. The van der Waals surface area contributed by atoms with E-state index in [4.69, 9.17) is 5.73 Å². The normalized spacial score (nSPS) is 10.9. The summed E-state index contributed by atoms with van der Waals surface area (Å²) >= 11 is 0. The van der Waals surface area contributed by atoms with Crippen molar-refractivity contribution in [3.8, 4) is 0 Å². The van der Waals surface area contributed by atoms with Gasteiger partial charge in [-0.1, -0.05) is 45.0 Å². The van der Waals surface area contributed by atoms with Crippen molar-refractivity contribution in [2.45, 2.75) is 32.6 Å². The summed E-state index contributed by atoms with van der Waals surface area (Å²) in [6, 6.07) is 8.69. The van der Waals surface area contributed by atoms with Gasteiger partial charge in [-0.05, 0) is 29.5 Å². The third kappa shape index (κ3) is 3.69. The first kappa shape index (κ1) is 13.5. The van der Waals surface area contributed by atoms with Gasteiger partial charge in [0, 0.05) is 0 Å². The summed E-state index contributed by atoms with van der Waals surface area (Å²) in [4.78, 5) is 0. The van der Waals surface area contributed by atoms with Gasteiger partial charge in [0.1, 0.15) is 0 Å². The van der Waals surface area contributed by atoms with Crippen LogP contribution in [-0.2, 0) is 11.8 Å². The minimum Gasteiger partial charge on any atom is -0.330 e. The predicted octanol–water partition coefficient (Wildman–Crippen LogP) is 2.91. The van der Waals surface area contributed by atoms with Gasteiger partial charge >= 0.3 is 0 Å². The standard InChI is InChI=1S/C12H19N.ClH/c1-12(2,3)11-6-4-5-10(9-11)7-8-13;/h4-6,9H,7-8,13H2,1-3H3;1H. The number of hydrogen-bond acceptors (Lipinski definition) is 1. The summed E-state index contributed by atoms with van der Waals surface area (Å²) in [5.41, 5.74) is 8.49. The van der Waals surface area contributed by atoms with Gasteiger partial charge in [-0.2, -0.15) is 0 Å². The fraction of sp³-hybridized carbons (Fsp3) is 0.500. The molecule has 0 atom stereocenters. The number of benzene rings is 1. The van der Waals surface area contributed by atoms with Crippen molar-refractivity contribution >= 4 is 12.4 Å². The van der Waals surface area contributed by atoms with E-state index in [0.29, 0.717) is 0 Å². The third-order valence-electron chi connectivity index (χ3n) is 2.23. The zero-order valence-electron chi connectivity index (χ0n) is 9.21. The van der Waals surface area contributed by atoms with E-state index in [1.54, 1.807) is 0 Å². The fourth-order valence-electron chi connectivity index (χ4n) is 1.36. The van der Waals surface area contributed by atoms with Crippen LogP contribution in [0.4, 0.5) is 0 Å². The van der Waals surface area contributed by atoms with Crippen LogP contribution in [0, 0.1) is 0 Å². The summed E-state index contributed by atoms with van der Waals surface area (Å²) < 4.78 is 0. The molecule has 0 bridgehead atoms. The van der Waals surface area contributed by atoms with Crippen LogP contribution in [-0.4, -0.2) is 6.54 Å². The Kier molecular flexibility index (Phi) is 5.17. The van der Waals surface area contributed by atoms with Gasteiger partial charge in [0.05, 0.1) is 0 Å². The fourth-order valence-corrected chi connectivity index (χ4v) is 1.36. The quantitative estimate of drug-likeness (QED) is 0.804. The second-order valence-electron chi connectivity index (χ2n) is 4.49. The molecule has 1 aromatic rings. The summed E-state index contributed by atoms with van der Waals surface area (Å²) in [6.07, 6.45) is 0.976. The van der Waals surface area contributed by atoms with Crippen LogP contribution in [0.5, 0.6) is 0 Å².